The summed E-state index contributed by atoms with van der Waals surface area (Å²) < 4.78 is 0. The summed E-state index contributed by atoms with van der Waals surface area (Å²) in [6, 6.07) is 15.4. The highest BCUT2D eigenvalue weighted by Crippen LogP contribution is 2.27. The molecule has 1 unspecified atom stereocenters. The van der Waals surface area contributed by atoms with Crippen LogP contribution in [0.3, 0.4) is 0 Å². The van der Waals surface area contributed by atoms with Crippen LogP contribution in [0.15, 0.2) is 42.5 Å². The Labute approximate surface area is 155 Å². The summed E-state index contributed by atoms with van der Waals surface area (Å²) in [7, 11) is 0. The van der Waals surface area contributed by atoms with Crippen LogP contribution < -0.4 is 10.2 Å². The summed E-state index contributed by atoms with van der Waals surface area (Å²) in [5, 5.41) is 5.78. The van der Waals surface area contributed by atoms with Gasteiger partial charge in [0.2, 0.25) is 0 Å². The number of fused-ring (bicyclic) bond motifs is 1. The van der Waals surface area contributed by atoms with Crippen molar-refractivity contribution in [2.75, 3.05) is 50.7 Å². The molecular formula is C21H28N4O. The second kappa shape index (κ2) is 7.54. The highest BCUT2D eigenvalue weighted by atomic mass is 16.2. The molecule has 0 bridgehead atoms. The minimum absolute atomic E-state index is 0.102. The molecule has 2 aromatic carbocycles. The van der Waals surface area contributed by atoms with Crippen molar-refractivity contribution in [2.45, 2.75) is 19.4 Å². The molecule has 0 radical (unpaired) electrons. The van der Waals surface area contributed by atoms with Crippen LogP contribution in [0, 0.1) is 0 Å². The first-order chi connectivity index (χ1) is 12.7. The molecule has 2 aliphatic heterocycles. The van der Waals surface area contributed by atoms with E-state index in [-0.39, 0.29) is 6.03 Å². The van der Waals surface area contributed by atoms with Gasteiger partial charge in [-0.3, -0.25) is 0 Å². The van der Waals surface area contributed by atoms with E-state index in [0.29, 0.717) is 6.04 Å². The minimum Gasteiger partial charge on any atom is -0.367 e. The van der Waals surface area contributed by atoms with E-state index in [4.69, 9.17) is 0 Å². The number of hydrogen-bond donors (Lipinski definition) is 1. The summed E-state index contributed by atoms with van der Waals surface area (Å²) in [5.74, 6) is 0. The van der Waals surface area contributed by atoms with Gasteiger partial charge >= 0.3 is 6.03 Å². The second-order valence-corrected chi connectivity index (χ2v) is 7.30. The first kappa shape index (κ1) is 17.2. The van der Waals surface area contributed by atoms with Gasteiger partial charge in [-0.1, -0.05) is 43.3 Å². The maximum atomic E-state index is 12.6. The normalized spacial score (nSPS) is 21.3. The van der Waals surface area contributed by atoms with E-state index in [2.05, 4.69) is 64.5 Å². The van der Waals surface area contributed by atoms with Crippen LogP contribution in [0.5, 0.6) is 0 Å². The fourth-order valence-electron chi connectivity index (χ4n) is 4.14. The third-order valence-corrected chi connectivity index (χ3v) is 5.72. The molecule has 2 aliphatic rings. The summed E-state index contributed by atoms with van der Waals surface area (Å²) in [5.41, 5.74) is 1.28. The van der Waals surface area contributed by atoms with Gasteiger partial charge in [-0.25, -0.2) is 4.79 Å². The van der Waals surface area contributed by atoms with Gasteiger partial charge in [0.1, 0.15) is 0 Å². The number of nitrogens with one attached hydrogen (secondary N) is 1. The molecule has 0 aromatic heterocycles. The predicted octanol–water partition coefficient (Wildman–Crippen LogP) is 2.77. The van der Waals surface area contributed by atoms with Crippen molar-refractivity contribution in [3.8, 4) is 0 Å². The topological polar surface area (TPSA) is 38.8 Å². The number of rotatable bonds is 3. The molecule has 2 aromatic rings. The monoisotopic (exact) mass is 352 g/mol. The molecule has 1 atom stereocenters. The van der Waals surface area contributed by atoms with E-state index in [1.165, 1.54) is 16.5 Å². The first-order valence-corrected chi connectivity index (χ1v) is 9.75. The quantitative estimate of drug-likeness (QED) is 0.923. The molecule has 2 amide bonds. The van der Waals surface area contributed by atoms with E-state index in [9.17, 15) is 4.79 Å². The summed E-state index contributed by atoms with van der Waals surface area (Å²) in [6.07, 6.45) is 1.07. The van der Waals surface area contributed by atoms with Crippen molar-refractivity contribution in [3.05, 3.63) is 42.5 Å². The molecule has 1 N–H and O–H groups in total. The molecular weight excluding hydrogens is 324 g/mol. The lowest BCUT2D eigenvalue weighted by atomic mass is 10.1. The molecule has 2 heterocycles. The zero-order valence-corrected chi connectivity index (χ0v) is 15.5. The number of likely N-dealkylation sites (tertiary alicyclic amines) is 1. The van der Waals surface area contributed by atoms with Crippen LogP contribution in [0.4, 0.5) is 10.5 Å². The van der Waals surface area contributed by atoms with Gasteiger partial charge in [0.05, 0.1) is 0 Å². The van der Waals surface area contributed by atoms with E-state index in [0.717, 1.165) is 52.2 Å². The Balaban J connectivity index is 1.36. The van der Waals surface area contributed by atoms with Crippen LogP contribution in [-0.4, -0.2) is 67.7 Å². The fourth-order valence-corrected chi connectivity index (χ4v) is 4.14. The van der Waals surface area contributed by atoms with Gasteiger partial charge in [0.15, 0.2) is 0 Å². The molecule has 0 spiro atoms. The van der Waals surface area contributed by atoms with Crippen LogP contribution in [0.1, 0.15) is 13.3 Å². The van der Waals surface area contributed by atoms with Gasteiger partial charge in [-0.2, -0.15) is 0 Å². The Morgan fingerprint density at radius 3 is 2.58 bits per heavy atom. The smallest absolute Gasteiger partial charge is 0.317 e. The average molecular weight is 352 g/mol. The highest BCUT2D eigenvalue weighted by Gasteiger charge is 2.27. The lowest BCUT2D eigenvalue weighted by molar-refractivity contribution is 0.190. The Morgan fingerprint density at radius 2 is 1.81 bits per heavy atom. The third-order valence-electron chi connectivity index (χ3n) is 5.72. The van der Waals surface area contributed by atoms with E-state index in [1.54, 1.807) is 0 Å². The van der Waals surface area contributed by atoms with Crippen molar-refractivity contribution >= 4 is 22.5 Å². The van der Waals surface area contributed by atoms with Gasteiger partial charge < -0.3 is 20.0 Å². The summed E-state index contributed by atoms with van der Waals surface area (Å²) in [6.45, 7) is 8.64. The third kappa shape index (κ3) is 3.49. The largest absolute Gasteiger partial charge is 0.367 e. The maximum Gasteiger partial charge on any atom is 0.317 e. The van der Waals surface area contributed by atoms with Crippen LogP contribution in [0.2, 0.25) is 0 Å². The van der Waals surface area contributed by atoms with Crippen molar-refractivity contribution in [2.24, 2.45) is 0 Å². The minimum atomic E-state index is 0.102. The van der Waals surface area contributed by atoms with Gasteiger partial charge in [0.25, 0.3) is 0 Å². The van der Waals surface area contributed by atoms with E-state index < -0.39 is 0 Å². The van der Waals surface area contributed by atoms with Crippen molar-refractivity contribution < 1.29 is 4.79 Å². The maximum absolute atomic E-state index is 12.6. The molecule has 2 fully saturated rings. The van der Waals surface area contributed by atoms with Crippen molar-refractivity contribution in [1.29, 1.82) is 0 Å². The number of piperazine rings is 1. The van der Waals surface area contributed by atoms with Crippen LogP contribution in [0.25, 0.3) is 10.8 Å². The van der Waals surface area contributed by atoms with Gasteiger partial charge in [-0.15, -0.1) is 0 Å². The van der Waals surface area contributed by atoms with Crippen LogP contribution >= 0.6 is 0 Å². The Bertz CT molecular complexity index is 764. The van der Waals surface area contributed by atoms with E-state index in [1.807, 2.05) is 4.90 Å². The number of urea groups is 1. The number of nitrogens with zero attached hydrogens (tertiary/aromatic N) is 3. The number of anilines is 1. The molecule has 26 heavy (non-hydrogen) atoms. The number of amides is 2. The van der Waals surface area contributed by atoms with Gasteiger partial charge in [-0.05, 0) is 24.4 Å². The zero-order chi connectivity index (χ0) is 17.9. The molecule has 4 rings (SSSR count). The SMILES string of the molecule is CCN1CCC(NC(=O)N2CCN(c3cccc4ccccc34)CC2)C1. The first-order valence-electron chi connectivity index (χ1n) is 9.75. The van der Waals surface area contributed by atoms with Crippen molar-refractivity contribution in [1.82, 2.24) is 15.1 Å². The number of hydrogen-bond acceptors (Lipinski definition) is 3. The lowest BCUT2D eigenvalue weighted by Crippen LogP contribution is -2.53. The predicted molar refractivity (Wildman–Crippen MR) is 107 cm³/mol. The molecule has 5 nitrogen and oxygen atoms in total. The second-order valence-electron chi connectivity index (χ2n) is 7.30. The average Bonchev–Trinajstić information content (AvgIpc) is 3.15. The highest BCUT2D eigenvalue weighted by molar-refractivity contribution is 5.94. The molecule has 5 heteroatoms. The number of benzene rings is 2. The standard InChI is InChI=1S/C21H28N4O/c1-2-23-11-10-18(16-23)22-21(26)25-14-12-24(13-15-25)20-9-5-7-17-6-3-4-8-19(17)20/h3-9,18H,2,10-16H2,1H3,(H,22,26). The summed E-state index contributed by atoms with van der Waals surface area (Å²) in [4.78, 5) is 19.3. The number of likely N-dealkylation sites (N-methyl/N-ethyl adjacent to an activating group) is 1. The molecule has 0 saturated carbocycles. The molecule has 138 valence electrons. The lowest BCUT2D eigenvalue weighted by Gasteiger charge is -2.37. The van der Waals surface area contributed by atoms with E-state index >= 15 is 0 Å². The molecule has 2 saturated heterocycles. The number of carbonyl (C=O) groups is 1. The molecule has 0 aliphatic carbocycles. The Morgan fingerprint density at radius 1 is 1.04 bits per heavy atom. The zero-order valence-electron chi connectivity index (χ0n) is 15.5. The number of carbonyl (C=O) groups excluding carboxylic acids is 1. The Hall–Kier alpha value is -2.27. The Kier molecular flexibility index (Phi) is 4.98. The summed E-state index contributed by atoms with van der Waals surface area (Å²) >= 11 is 0. The van der Waals surface area contributed by atoms with Crippen LogP contribution in [-0.2, 0) is 0 Å². The fraction of sp³-hybridized carbons (Fsp3) is 0.476. The van der Waals surface area contributed by atoms with Crippen molar-refractivity contribution in [3.63, 3.8) is 0 Å². The van der Waals surface area contributed by atoms with Gasteiger partial charge in [0, 0.05) is 56.4 Å².